The van der Waals surface area contributed by atoms with Gasteiger partial charge in [0.25, 0.3) is 5.91 Å². The zero-order valence-electron chi connectivity index (χ0n) is 19.8. The van der Waals surface area contributed by atoms with Crippen LogP contribution in [0.15, 0.2) is 46.2 Å². The van der Waals surface area contributed by atoms with Crippen molar-refractivity contribution in [2.45, 2.75) is 42.9 Å². The summed E-state index contributed by atoms with van der Waals surface area (Å²) >= 11 is 1.56. The van der Waals surface area contributed by atoms with E-state index < -0.39 is 10.0 Å². The highest BCUT2D eigenvalue weighted by atomic mass is 32.2. The maximum absolute atomic E-state index is 13.3. The summed E-state index contributed by atoms with van der Waals surface area (Å²) in [4.78, 5) is 16.5. The first-order chi connectivity index (χ1) is 15.8. The average Bonchev–Trinajstić information content (AvgIpc) is 2.85. The summed E-state index contributed by atoms with van der Waals surface area (Å²) in [5, 5.41) is 2.95. The van der Waals surface area contributed by atoms with Crippen molar-refractivity contribution in [3.8, 4) is 5.75 Å². The van der Waals surface area contributed by atoms with Crippen LogP contribution in [0.2, 0.25) is 0 Å². The molecule has 2 aromatic rings. The Morgan fingerprint density at radius 2 is 1.79 bits per heavy atom. The van der Waals surface area contributed by atoms with Gasteiger partial charge in [0.1, 0.15) is 5.75 Å². The Bertz CT molecular complexity index is 1080. The van der Waals surface area contributed by atoms with E-state index in [1.54, 1.807) is 40.3 Å². The SMILES string of the molecule is CCN(CC)c1ccc(S(=O)(=O)N2CCCCC2)cc1NC(=O)c1ccc(SC)cc1OC. The van der Waals surface area contributed by atoms with E-state index in [0.29, 0.717) is 30.1 Å². The topological polar surface area (TPSA) is 79.0 Å². The van der Waals surface area contributed by atoms with Gasteiger partial charge in [-0.3, -0.25) is 4.79 Å². The van der Waals surface area contributed by atoms with Crippen molar-refractivity contribution < 1.29 is 17.9 Å². The van der Waals surface area contributed by atoms with Gasteiger partial charge in [0.15, 0.2) is 0 Å². The van der Waals surface area contributed by atoms with Crippen molar-refractivity contribution in [3.63, 3.8) is 0 Å². The largest absolute Gasteiger partial charge is 0.496 e. The first-order valence-corrected chi connectivity index (χ1v) is 13.9. The number of amides is 1. The molecule has 0 atom stereocenters. The molecular weight excluding hydrogens is 458 g/mol. The minimum Gasteiger partial charge on any atom is -0.496 e. The average molecular weight is 492 g/mol. The van der Waals surface area contributed by atoms with E-state index in [4.69, 9.17) is 4.74 Å². The van der Waals surface area contributed by atoms with Crippen molar-refractivity contribution in [2.24, 2.45) is 0 Å². The van der Waals surface area contributed by atoms with Crippen LogP contribution in [0.25, 0.3) is 0 Å². The molecule has 33 heavy (non-hydrogen) atoms. The van der Waals surface area contributed by atoms with Crippen molar-refractivity contribution in [2.75, 3.05) is 49.8 Å². The number of hydrogen-bond donors (Lipinski definition) is 1. The normalized spacial score (nSPS) is 14.7. The number of nitrogens with one attached hydrogen (secondary N) is 1. The number of carbonyl (C=O) groups excluding carboxylic acids is 1. The van der Waals surface area contributed by atoms with E-state index in [1.807, 2.05) is 32.2 Å². The van der Waals surface area contributed by atoms with Crippen molar-refractivity contribution >= 4 is 39.1 Å². The van der Waals surface area contributed by atoms with Gasteiger partial charge in [-0.1, -0.05) is 6.42 Å². The molecular formula is C24H33N3O4S2. The zero-order chi connectivity index (χ0) is 24.0. The van der Waals surface area contributed by atoms with Gasteiger partial charge in [0.05, 0.1) is 28.9 Å². The lowest BCUT2D eigenvalue weighted by molar-refractivity contribution is 0.102. The summed E-state index contributed by atoms with van der Waals surface area (Å²) < 4.78 is 33.5. The Morgan fingerprint density at radius 1 is 1.09 bits per heavy atom. The molecule has 1 saturated heterocycles. The second-order valence-corrected chi connectivity index (χ2v) is 10.7. The molecule has 0 saturated carbocycles. The van der Waals surface area contributed by atoms with Crippen LogP contribution >= 0.6 is 11.8 Å². The molecule has 0 radical (unpaired) electrons. The van der Waals surface area contributed by atoms with Crippen LogP contribution < -0.4 is 15.0 Å². The number of nitrogens with zero attached hydrogens (tertiary/aromatic N) is 2. The summed E-state index contributed by atoms with van der Waals surface area (Å²) in [7, 11) is -2.10. The molecule has 0 spiro atoms. The number of benzene rings is 2. The highest BCUT2D eigenvalue weighted by molar-refractivity contribution is 7.98. The van der Waals surface area contributed by atoms with Gasteiger partial charge in [-0.15, -0.1) is 11.8 Å². The minimum atomic E-state index is -3.63. The maximum atomic E-state index is 13.3. The molecule has 1 heterocycles. The number of carbonyl (C=O) groups is 1. The zero-order valence-corrected chi connectivity index (χ0v) is 21.4. The van der Waals surface area contributed by atoms with Crippen molar-refractivity contribution in [3.05, 3.63) is 42.0 Å². The number of thioether (sulfide) groups is 1. The number of sulfonamides is 1. The fraction of sp³-hybridized carbons (Fsp3) is 0.458. The second kappa shape index (κ2) is 11.3. The first kappa shape index (κ1) is 25.4. The molecule has 1 N–H and O–H groups in total. The van der Waals surface area contributed by atoms with Gasteiger partial charge in [0, 0.05) is 31.1 Å². The summed E-state index contributed by atoms with van der Waals surface area (Å²) in [6, 6.07) is 10.4. The van der Waals surface area contributed by atoms with Crippen LogP contribution in [0.5, 0.6) is 5.75 Å². The third-order valence-corrected chi connectivity index (χ3v) is 8.55. The van der Waals surface area contributed by atoms with Crippen LogP contribution in [0.1, 0.15) is 43.5 Å². The molecule has 3 rings (SSSR count). The van der Waals surface area contributed by atoms with E-state index in [-0.39, 0.29) is 10.8 Å². The highest BCUT2D eigenvalue weighted by Gasteiger charge is 2.27. The molecule has 0 bridgehead atoms. The highest BCUT2D eigenvalue weighted by Crippen LogP contribution is 2.33. The smallest absolute Gasteiger partial charge is 0.259 e. The second-order valence-electron chi connectivity index (χ2n) is 7.84. The number of ether oxygens (including phenoxy) is 1. The van der Waals surface area contributed by atoms with Gasteiger partial charge in [-0.2, -0.15) is 4.31 Å². The predicted octanol–water partition coefficient (Wildman–Crippen LogP) is 4.69. The lowest BCUT2D eigenvalue weighted by atomic mass is 10.1. The molecule has 1 aliphatic heterocycles. The number of rotatable bonds is 9. The van der Waals surface area contributed by atoms with Gasteiger partial charge in [0.2, 0.25) is 10.0 Å². The third kappa shape index (κ3) is 5.65. The van der Waals surface area contributed by atoms with Gasteiger partial charge >= 0.3 is 0 Å². The fourth-order valence-corrected chi connectivity index (χ4v) is 6.02. The lowest BCUT2D eigenvalue weighted by Gasteiger charge is -2.28. The van der Waals surface area contributed by atoms with E-state index in [9.17, 15) is 13.2 Å². The maximum Gasteiger partial charge on any atom is 0.259 e. The van der Waals surface area contributed by atoms with Gasteiger partial charge in [-0.05, 0) is 69.3 Å². The first-order valence-electron chi connectivity index (χ1n) is 11.3. The molecule has 0 unspecified atom stereocenters. The monoisotopic (exact) mass is 491 g/mol. The van der Waals surface area contributed by atoms with Gasteiger partial charge < -0.3 is 15.0 Å². The van der Waals surface area contributed by atoms with Crippen molar-refractivity contribution in [1.29, 1.82) is 0 Å². The molecule has 9 heteroatoms. The lowest BCUT2D eigenvalue weighted by Crippen LogP contribution is -2.35. The Balaban J connectivity index is 2.01. The van der Waals surface area contributed by atoms with Crippen LogP contribution in [-0.4, -0.2) is 58.2 Å². The molecule has 7 nitrogen and oxygen atoms in total. The quantitative estimate of drug-likeness (QED) is 0.513. The summed E-state index contributed by atoms with van der Waals surface area (Å²) in [6.07, 6.45) is 4.74. The number of piperidine rings is 1. The fourth-order valence-electron chi connectivity index (χ4n) is 4.05. The van der Waals surface area contributed by atoms with Gasteiger partial charge in [-0.25, -0.2) is 8.42 Å². The molecule has 1 aliphatic rings. The Hall–Kier alpha value is -2.23. The van der Waals surface area contributed by atoms with Crippen LogP contribution in [0.4, 0.5) is 11.4 Å². The molecule has 0 aromatic heterocycles. The number of anilines is 2. The summed E-state index contributed by atoms with van der Waals surface area (Å²) in [5.41, 5.74) is 1.65. The Labute approximate surface area is 201 Å². The molecule has 0 aliphatic carbocycles. The molecule has 2 aromatic carbocycles. The Morgan fingerprint density at radius 3 is 2.39 bits per heavy atom. The molecule has 1 fully saturated rings. The summed E-state index contributed by atoms with van der Waals surface area (Å²) in [5.74, 6) is 0.126. The van der Waals surface area contributed by atoms with E-state index in [2.05, 4.69) is 10.2 Å². The van der Waals surface area contributed by atoms with E-state index >= 15 is 0 Å². The molecule has 180 valence electrons. The number of methoxy groups -OCH3 is 1. The van der Waals surface area contributed by atoms with E-state index in [1.165, 1.54) is 7.11 Å². The van der Waals surface area contributed by atoms with Crippen LogP contribution in [-0.2, 0) is 10.0 Å². The molecule has 1 amide bonds. The van der Waals surface area contributed by atoms with E-state index in [0.717, 1.165) is 42.9 Å². The predicted molar refractivity (Wildman–Crippen MR) is 135 cm³/mol. The minimum absolute atomic E-state index is 0.195. The third-order valence-electron chi connectivity index (χ3n) is 5.93. The summed E-state index contributed by atoms with van der Waals surface area (Å²) in [6.45, 7) is 6.56. The van der Waals surface area contributed by atoms with Crippen LogP contribution in [0, 0.1) is 0 Å². The van der Waals surface area contributed by atoms with Crippen LogP contribution in [0.3, 0.4) is 0 Å². The van der Waals surface area contributed by atoms with Crippen molar-refractivity contribution in [1.82, 2.24) is 4.31 Å². The standard InChI is InChI=1S/C24H33N3O4S2/c1-5-26(6-2)22-13-11-19(33(29,30)27-14-8-7-9-15-27)17-21(22)25-24(28)20-12-10-18(32-4)16-23(20)31-3/h10-13,16-17H,5-9,14-15H2,1-4H3,(H,25,28). The Kier molecular flexibility index (Phi) is 8.67. The number of hydrogen-bond acceptors (Lipinski definition) is 6.